The zero-order valence-electron chi connectivity index (χ0n) is 7.18. The normalized spacial score (nSPS) is 14.2. The van der Waals surface area contributed by atoms with E-state index in [4.69, 9.17) is 15.0 Å². The lowest BCUT2D eigenvalue weighted by Crippen LogP contribution is -1.81. The largest absolute Gasteiger partial charge is 0.503 e. The molecule has 1 aliphatic rings. The van der Waals surface area contributed by atoms with Gasteiger partial charge in [-0.1, -0.05) is 30.3 Å². The quantitative estimate of drug-likeness (QED) is 0.698. The lowest BCUT2D eigenvalue weighted by molar-refractivity contribution is 0.137. The molecule has 0 amide bonds. The van der Waals surface area contributed by atoms with Gasteiger partial charge in [0, 0.05) is 0 Å². The van der Waals surface area contributed by atoms with Gasteiger partial charge in [-0.25, -0.2) is 4.79 Å². The van der Waals surface area contributed by atoms with E-state index in [0.717, 1.165) is 5.92 Å². The van der Waals surface area contributed by atoms with Crippen molar-refractivity contribution in [2.24, 2.45) is 0 Å². The van der Waals surface area contributed by atoms with Crippen LogP contribution in [0.25, 0.3) is 0 Å². The van der Waals surface area contributed by atoms with E-state index in [1.807, 2.05) is 0 Å². The minimum Gasteiger partial charge on any atom is -0.450 e. The SMILES string of the molecule is O=C(O)O.c1ccc(C2CC2)cc1. The van der Waals surface area contributed by atoms with Crippen LogP contribution in [0.3, 0.4) is 0 Å². The molecule has 13 heavy (non-hydrogen) atoms. The third kappa shape index (κ3) is 4.15. The highest BCUT2D eigenvalue weighted by molar-refractivity contribution is 5.53. The van der Waals surface area contributed by atoms with Crippen LogP contribution in [0.15, 0.2) is 30.3 Å². The summed E-state index contributed by atoms with van der Waals surface area (Å²) >= 11 is 0. The van der Waals surface area contributed by atoms with Crippen LogP contribution in [-0.2, 0) is 0 Å². The molecule has 0 saturated heterocycles. The average molecular weight is 180 g/mol. The predicted molar refractivity (Wildman–Crippen MR) is 49.1 cm³/mol. The molecule has 0 bridgehead atoms. The Bertz CT molecular complexity index is 261. The van der Waals surface area contributed by atoms with Gasteiger partial charge in [0.05, 0.1) is 0 Å². The summed E-state index contributed by atoms with van der Waals surface area (Å²) in [6.45, 7) is 0. The molecule has 1 aromatic rings. The summed E-state index contributed by atoms with van der Waals surface area (Å²) < 4.78 is 0. The van der Waals surface area contributed by atoms with E-state index in [9.17, 15) is 0 Å². The minimum atomic E-state index is -1.83. The Labute approximate surface area is 76.6 Å². The highest BCUT2D eigenvalue weighted by atomic mass is 16.6. The second-order valence-corrected chi connectivity index (χ2v) is 2.97. The molecule has 0 radical (unpaired) electrons. The first kappa shape index (κ1) is 9.58. The van der Waals surface area contributed by atoms with Crippen LogP contribution in [0.4, 0.5) is 4.79 Å². The maximum atomic E-state index is 8.56. The molecule has 0 unspecified atom stereocenters. The molecule has 1 aromatic carbocycles. The van der Waals surface area contributed by atoms with Crippen molar-refractivity contribution in [3.05, 3.63) is 35.9 Å². The van der Waals surface area contributed by atoms with Crippen molar-refractivity contribution in [1.82, 2.24) is 0 Å². The fourth-order valence-electron chi connectivity index (χ4n) is 1.14. The smallest absolute Gasteiger partial charge is 0.450 e. The van der Waals surface area contributed by atoms with Crippen molar-refractivity contribution in [3.63, 3.8) is 0 Å². The van der Waals surface area contributed by atoms with Gasteiger partial charge in [-0.15, -0.1) is 0 Å². The Morgan fingerprint density at radius 3 is 2.00 bits per heavy atom. The Kier molecular flexibility index (Phi) is 3.31. The third-order valence-corrected chi connectivity index (χ3v) is 1.85. The second-order valence-electron chi connectivity index (χ2n) is 2.97. The first-order valence-electron chi connectivity index (χ1n) is 4.17. The van der Waals surface area contributed by atoms with Crippen LogP contribution in [0.5, 0.6) is 0 Å². The first-order chi connectivity index (χ1) is 6.20. The van der Waals surface area contributed by atoms with Gasteiger partial charge < -0.3 is 10.2 Å². The van der Waals surface area contributed by atoms with Gasteiger partial charge in [-0.05, 0) is 24.3 Å². The lowest BCUT2D eigenvalue weighted by Gasteiger charge is -1.92. The molecule has 70 valence electrons. The summed E-state index contributed by atoms with van der Waals surface area (Å²) in [7, 11) is 0. The Morgan fingerprint density at radius 2 is 1.62 bits per heavy atom. The minimum absolute atomic E-state index is 0.909. The summed E-state index contributed by atoms with van der Waals surface area (Å²) in [6.07, 6.45) is 0.980. The van der Waals surface area contributed by atoms with Gasteiger partial charge in [0.1, 0.15) is 0 Å². The fourth-order valence-corrected chi connectivity index (χ4v) is 1.14. The van der Waals surface area contributed by atoms with Crippen molar-refractivity contribution >= 4 is 6.16 Å². The molecular weight excluding hydrogens is 168 g/mol. The lowest BCUT2D eigenvalue weighted by atomic mass is 10.1. The number of carboxylic acid groups (broad SMARTS) is 2. The fraction of sp³-hybridized carbons (Fsp3) is 0.300. The summed E-state index contributed by atoms with van der Waals surface area (Å²) in [4.78, 5) is 8.56. The van der Waals surface area contributed by atoms with Gasteiger partial charge in [-0.2, -0.15) is 0 Å². The summed E-state index contributed by atoms with van der Waals surface area (Å²) in [6, 6.07) is 10.8. The van der Waals surface area contributed by atoms with E-state index in [0.29, 0.717) is 0 Å². The Balaban J connectivity index is 0.000000184. The predicted octanol–water partition coefficient (Wildman–Crippen LogP) is 2.79. The van der Waals surface area contributed by atoms with Gasteiger partial charge in [-0.3, -0.25) is 0 Å². The Morgan fingerprint density at radius 1 is 1.15 bits per heavy atom. The maximum absolute atomic E-state index is 8.56. The number of rotatable bonds is 1. The third-order valence-electron chi connectivity index (χ3n) is 1.85. The molecule has 2 N–H and O–H groups in total. The summed E-state index contributed by atoms with van der Waals surface area (Å²) in [5.74, 6) is 0.909. The molecule has 1 aliphatic carbocycles. The monoisotopic (exact) mass is 180 g/mol. The van der Waals surface area contributed by atoms with E-state index >= 15 is 0 Å². The molecule has 0 atom stereocenters. The molecule has 1 fully saturated rings. The van der Waals surface area contributed by atoms with Crippen molar-refractivity contribution in [3.8, 4) is 0 Å². The van der Waals surface area contributed by atoms with E-state index in [2.05, 4.69) is 30.3 Å². The molecule has 3 nitrogen and oxygen atoms in total. The molecule has 0 heterocycles. The molecule has 0 aliphatic heterocycles. The highest BCUT2D eigenvalue weighted by Crippen LogP contribution is 2.39. The molecule has 1 saturated carbocycles. The first-order valence-corrected chi connectivity index (χ1v) is 4.17. The van der Waals surface area contributed by atoms with Crippen molar-refractivity contribution in [2.75, 3.05) is 0 Å². The van der Waals surface area contributed by atoms with Crippen LogP contribution < -0.4 is 0 Å². The van der Waals surface area contributed by atoms with E-state index < -0.39 is 6.16 Å². The molecular formula is C10H12O3. The van der Waals surface area contributed by atoms with Gasteiger partial charge in [0.2, 0.25) is 0 Å². The van der Waals surface area contributed by atoms with Gasteiger partial charge in [0.15, 0.2) is 0 Å². The zero-order chi connectivity index (χ0) is 9.68. The van der Waals surface area contributed by atoms with Crippen molar-refractivity contribution < 1.29 is 15.0 Å². The summed E-state index contributed by atoms with van der Waals surface area (Å²) in [5.41, 5.74) is 1.53. The van der Waals surface area contributed by atoms with E-state index in [-0.39, 0.29) is 0 Å². The second kappa shape index (κ2) is 4.50. The number of hydrogen-bond acceptors (Lipinski definition) is 1. The van der Waals surface area contributed by atoms with E-state index in [1.165, 1.54) is 18.4 Å². The van der Waals surface area contributed by atoms with Crippen LogP contribution in [0.2, 0.25) is 0 Å². The van der Waals surface area contributed by atoms with Gasteiger partial charge >= 0.3 is 6.16 Å². The van der Waals surface area contributed by atoms with E-state index in [1.54, 1.807) is 0 Å². The van der Waals surface area contributed by atoms with Gasteiger partial charge in [0.25, 0.3) is 0 Å². The number of benzene rings is 1. The molecule has 0 spiro atoms. The highest BCUT2D eigenvalue weighted by Gasteiger charge is 2.22. The molecule has 3 heteroatoms. The topological polar surface area (TPSA) is 57.5 Å². The molecule has 0 aromatic heterocycles. The maximum Gasteiger partial charge on any atom is 0.503 e. The Hall–Kier alpha value is -1.51. The van der Waals surface area contributed by atoms with Crippen molar-refractivity contribution in [2.45, 2.75) is 18.8 Å². The van der Waals surface area contributed by atoms with Crippen LogP contribution >= 0.6 is 0 Å². The van der Waals surface area contributed by atoms with Crippen LogP contribution in [0.1, 0.15) is 24.3 Å². The number of carbonyl (C=O) groups is 1. The average Bonchev–Trinajstić information content (AvgIpc) is 2.87. The van der Waals surface area contributed by atoms with Crippen molar-refractivity contribution in [1.29, 1.82) is 0 Å². The standard InChI is InChI=1S/C9H10.CH2O3/c1-2-4-8(5-3-1)9-6-7-9;2-1(3)4/h1-5,9H,6-7H2;(H2,2,3,4). The van der Waals surface area contributed by atoms with Crippen LogP contribution in [0, 0.1) is 0 Å². The molecule has 2 rings (SSSR count). The summed E-state index contributed by atoms with van der Waals surface area (Å²) in [5, 5.41) is 13.9. The number of hydrogen-bond donors (Lipinski definition) is 2. The zero-order valence-corrected chi connectivity index (χ0v) is 7.18. The van der Waals surface area contributed by atoms with Crippen LogP contribution in [-0.4, -0.2) is 16.4 Å².